The Morgan fingerprint density at radius 3 is 2.83 bits per heavy atom. The normalized spacial score (nSPS) is 11.1. The van der Waals surface area contributed by atoms with Crippen LogP contribution in [0.25, 0.3) is 11.2 Å². The van der Waals surface area contributed by atoms with Gasteiger partial charge in [0.25, 0.3) is 5.95 Å². The highest BCUT2D eigenvalue weighted by Gasteiger charge is 2.16. The van der Waals surface area contributed by atoms with E-state index >= 15 is 0 Å². The number of ether oxygens (including phenoxy) is 1. The first-order valence-electron chi connectivity index (χ1n) is 9.04. The molecular formula is C19H23N7O3. The van der Waals surface area contributed by atoms with Crippen LogP contribution in [0.2, 0.25) is 0 Å². The van der Waals surface area contributed by atoms with Gasteiger partial charge in [-0.25, -0.2) is 9.98 Å². The molecule has 152 valence electrons. The average molecular weight is 397 g/mol. The molecule has 10 heteroatoms. The molecule has 0 aliphatic carbocycles. The van der Waals surface area contributed by atoms with Gasteiger partial charge < -0.3 is 24.6 Å². The van der Waals surface area contributed by atoms with Gasteiger partial charge in [0.05, 0.1) is 19.3 Å². The molecule has 0 aliphatic heterocycles. The fourth-order valence-electron chi connectivity index (χ4n) is 2.48. The summed E-state index contributed by atoms with van der Waals surface area (Å²) >= 11 is 0. The van der Waals surface area contributed by atoms with Crippen molar-refractivity contribution in [2.24, 2.45) is 4.99 Å². The van der Waals surface area contributed by atoms with Crippen molar-refractivity contribution >= 4 is 29.4 Å². The van der Waals surface area contributed by atoms with Gasteiger partial charge in [-0.05, 0) is 5.56 Å². The van der Waals surface area contributed by atoms with E-state index in [0.717, 1.165) is 5.56 Å². The smallest absolute Gasteiger partial charge is 0.256 e. The van der Waals surface area contributed by atoms with Crippen LogP contribution in [-0.4, -0.2) is 69.0 Å². The molecule has 0 spiro atoms. The van der Waals surface area contributed by atoms with E-state index in [4.69, 9.17) is 9.84 Å². The number of imidazole rings is 1. The average Bonchev–Trinajstić information content (AvgIpc) is 3.12. The lowest BCUT2D eigenvalue weighted by molar-refractivity contribution is -0.121. The maximum absolute atomic E-state index is 12.0. The van der Waals surface area contributed by atoms with Crippen molar-refractivity contribution in [1.82, 2.24) is 29.7 Å². The molecule has 0 saturated carbocycles. The third kappa shape index (κ3) is 5.48. The van der Waals surface area contributed by atoms with Gasteiger partial charge in [0.2, 0.25) is 11.8 Å². The quantitative estimate of drug-likeness (QED) is 0.404. The van der Waals surface area contributed by atoms with Crippen LogP contribution in [-0.2, 0) is 17.9 Å². The summed E-state index contributed by atoms with van der Waals surface area (Å²) in [6, 6.07) is 9.70. The summed E-state index contributed by atoms with van der Waals surface area (Å²) in [5.41, 5.74) is 1.87. The predicted octanol–water partition coefficient (Wildman–Crippen LogP) is 0.735. The van der Waals surface area contributed by atoms with Crippen LogP contribution in [0.4, 0.5) is 5.95 Å². The fraction of sp³-hybridized carbons (Fsp3) is 0.316. The second-order valence-corrected chi connectivity index (χ2v) is 6.43. The van der Waals surface area contributed by atoms with Crippen molar-refractivity contribution in [1.29, 1.82) is 0 Å². The summed E-state index contributed by atoms with van der Waals surface area (Å²) in [4.78, 5) is 31.1. The van der Waals surface area contributed by atoms with Gasteiger partial charge in [-0.1, -0.05) is 30.3 Å². The Morgan fingerprint density at radius 2 is 2.10 bits per heavy atom. The van der Waals surface area contributed by atoms with E-state index in [2.05, 4.69) is 25.3 Å². The van der Waals surface area contributed by atoms with Gasteiger partial charge >= 0.3 is 0 Å². The van der Waals surface area contributed by atoms with Crippen LogP contribution in [0, 0.1) is 0 Å². The number of aliphatic hydroxyl groups excluding tert-OH is 1. The van der Waals surface area contributed by atoms with Gasteiger partial charge in [0.1, 0.15) is 13.2 Å². The number of carbonyl (C=O) groups is 1. The second-order valence-electron chi connectivity index (χ2n) is 6.43. The number of benzene rings is 1. The molecule has 0 radical (unpaired) electrons. The number of amides is 1. The number of aromatic nitrogens is 4. The third-order valence-electron chi connectivity index (χ3n) is 3.79. The minimum atomic E-state index is -0.262. The zero-order chi connectivity index (χ0) is 20.6. The molecule has 3 aromatic rings. The number of aliphatic hydroxyl groups is 1. The number of rotatable bonds is 9. The van der Waals surface area contributed by atoms with E-state index in [1.165, 1.54) is 6.33 Å². The number of carbonyl (C=O) groups excluding carboxylic acids is 1. The van der Waals surface area contributed by atoms with Crippen LogP contribution in [0.3, 0.4) is 0 Å². The van der Waals surface area contributed by atoms with Crippen molar-refractivity contribution in [3.8, 4) is 5.88 Å². The molecule has 0 atom stereocenters. The molecule has 2 N–H and O–H groups in total. The molecule has 1 aromatic carbocycles. The number of nitrogens with zero attached hydrogens (tertiary/aromatic N) is 6. The lowest BCUT2D eigenvalue weighted by Gasteiger charge is -2.08. The van der Waals surface area contributed by atoms with Gasteiger partial charge in [-0.15, -0.1) is 0 Å². The highest BCUT2D eigenvalue weighted by Crippen LogP contribution is 2.24. The molecular weight excluding hydrogens is 374 g/mol. The van der Waals surface area contributed by atoms with Crippen LogP contribution >= 0.6 is 0 Å². The molecule has 2 heterocycles. The predicted molar refractivity (Wildman–Crippen MR) is 108 cm³/mol. The minimum absolute atomic E-state index is 0.00245. The molecule has 3 rings (SSSR count). The first-order valence-corrected chi connectivity index (χ1v) is 9.04. The Morgan fingerprint density at radius 1 is 1.31 bits per heavy atom. The maximum Gasteiger partial charge on any atom is 0.256 e. The van der Waals surface area contributed by atoms with Crippen molar-refractivity contribution in [2.75, 3.05) is 27.2 Å². The Kier molecular flexibility index (Phi) is 6.69. The maximum atomic E-state index is 12.0. The molecule has 1 amide bonds. The summed E-state index contributed by atoms with van der Waals surface area (Å²) in [5.74, 6) is 0.230. The molecule has 0 aliphatic rings. The molecule has 29 heavy (non-hydrogen) atoms. The summed E-state index contributed by atoms with van der Waals surface area (Å²) < 4.78 is 7.48. The topological polar surface area (TPSA) is 118 Å². The van der Waals surface area contributed by atoms with Crippen LogP contribution in [0.15, 0.2) is 41.7 Å². The molecule has 0 bridgehead atoms. The number of nitrogens with one attached hydrogen (secondary N) is 1. The number of hydrogen-bond acceptors (Lipinski definition) is 7. The van der Waals surface area contributed by atoms with E-state index < -0.39 is 0 Å². The highest BCUT2D eigenvalue weighted by atomic mass is 16.5. The summed E-state index contributed by atoms with van der Waals surface area (Å²) in [6.45, 7) is 0.375. The third-order valence-corrected chi connectivity index (χ3v) is 3.79. The zero-order valence-electron chi connectivity index (χ0n) is 16.3. The fourth-order valence-corrected chi connectivity index (χ4v) is 2.48. The Bertz CT molecular complexity index is 986. The van der Waals surface area contributed by atoms with Crippen LogP contribution in [0.1, 0.15) is 5.56 Å². The van der Waals surface area contributed by atoms with E-state index in [-0.39, 0.29) is 31.6 Å². The Labute approximate surface area is 167 Å². The van der Waals surface area contributed by atoms with Crippen LogP contribution in [0.5, 0.6) is 5.88 Å². The van der Waals surface area contributed by atoms with Gasteiger partial charge in [-0.2, -0.15) is 9.97 Å². The largest absolute Gasteiger partial charge is 0.471 e. The van der Waals surface area contributed by atoms with Crippen molar-refractivity contribution in [3.05, 3.63) is 42.2 Å². The summed E-state index contributed by atoms with van der Waals surface area (Å²) in [5, 5.41) is 11.5. The number of fused-ring (bicyclic) bond motifs is 1. The van der Waals surface area contributed by atoms with Gasteiger partial charge in [0, 0.05) is 20.6 Å². The molecule has 2 aromatic heterocycles. The first-order chi connectivity index (χ1) is 14.1. The monoisotopic (exact) mass is 397 g/mol. The SMILES string of the molecule is CN(C)/C=N/c1nc(OCc2ccccc2)c2ncn(CC(=O)NCCO)c2n1. The van der Waals surface area contributed by atoms with Crippen molar-refractivity contribution in [3.63, 3.8) is 0 Å². The highest BCUT2D eigenvalue weighted by molar-refractivity contribution is 5.81. The zero-order valence-corrected chi connectivity index (χ0v) is 16.3. The number of hydrogen-bond donors (Lipinski definition) is 2. The van der Waals surface area contributed by atoms with Gasteiger partial charge in [-0.3, -0.25) is 4.79 Å². The molecule has 0 saturated heterocycles. The van der Waals surface area contributed by atoms with Crippen LogP contribution < -0.4 is 10.1 Å². The second kappa shape index (κ2) is 9.60. The van der Waals surface area contributed by atoms with Crippen molar-refractivity contribution < 1.29 is 14.6 Å². The molecule has 10 nitrogen and oxygen atoms in total. The summed E-state index contributed by atoms with van der Waals surface area (Å²) in [7, 11) is 3.68. The van der Waals surface area contributed by atoms with E-state index in [1.807, 2.05) is 44.4 Å². The van der Waals surface area contributed by atoms with Gasteiger partial charge in [0.15, 0.2) is 11.2 Å². The molecule has 0 unspecified atom stereocenters. The first kappa shape index (κ1) is 20.2. The van der Waals surface area contributed by atoms with E-state index in [0.29, 0.717) is 23.7 Å². The lowest BCUT2D eigenvalue weighted by atomic mass is 10.2. The molecule has 0 fully saturated rings. The number of aliphatic imine (C=N–C) groups is 1. The minimum Gasteiger partial charge on any atom is -0.471 e. The lowest BCUT2D eigenvalue weighted by Crippen LogP contribution is -2.29. The van der Waals surface area contributed by atoms with E-state index in [1.54, 1.807) is 15.8 Å². The standard InChI is InChI=1S/C19H23N7O3/c1-25(2)12-22-19-23-17-16(21-13-26(17)10-15(28)20-8-9-27)18(24-19)29-11-14-6-4-3-5-7-14/h3-7,12-13,27H,8-11H2,1-2H3,(H,20,28)/b22-12+. The Hall–Kier alpha value is -3.53. The van der Waals surface area contributed by atoms with Crippen molar-refractivity contribution in [2.45, 2.75) is 13.2 Å². The van der Waals surface area contributed by atoms with E-state index in [9.17, 15) is 4.79 Å². The Balaban J connectivity index is 1.92. The summed E-state index contributed by atoms with van der Waals surface area (Å²) in [6.07, 6.45) is 3.09.